The maximum absolute atomic E-state index is 13.0. The molecule has 0 aliphatic rings. The van der Waals surface area contributed by atoms with Gasteiger partial charge in [0.1, 0.15) is 5.69 Å². The van der Waals surface area contributed by atoms with Crippen LogP contribution in [0.5, 0.6) is 0 Å². The minimum Gasteiger partial charge on any atom is -0.475 e. The van der Waals surface area contributed by atoms with Crippen LogP contribution in [0.15, 0.2) is 12.1 Å². The van der Waals surface area contributed by atoms with Gasteiger partial charge < -0.3 is 10.1 Å². The van der Waals surface area contributed by atoms with E-state index in [0.29, 0.717) is 11.1 Å². The molecule has 2 rings (SSSR count). The summed E-state index contributed by atoms with van der Waals surface area (Å²) in [5.41, 5.74) is -1.12. The van der Waals surface area contributed by atoms with E-state index in [4.69, 9.17) is 5.11 Å². The van der Waals surface area contributed by atoms with Gasteiger partial charge in [-0.3, -0.25) is 4.79 Å². The van der Waals surface area contributed by atoms with Crippen molar-refractivity contribution in [2.75, 3.05) is 0 Å². The number of hydrogen-bond donors (Lipinski definition) is 2. The first-order valence-electron chi connectivity index (χ1n) is 5.61. The van der Waals surface area contributed by atoms with Crippen molar-refractivity contribution < 1.29 is 27.9 Å². The summed E-state index contributed by atoms with van der Waals surface area (Å²) in [6.07, 6.45) is -4.83. The van der Waals surface area contributed by atoms with Gasteiger partial charge in [0.25, 0.3) is 5.78 Å². The van der Waals surface area contributed by atoms with Crippen LogP contribution in [0, 0.1) is 13.8 Å². The van der Waals surface area contributed by atoms with Crippen LogP contribution >= 0.6 is 0 Å². The number of ketones is 1. The molecule has 0 spiro atoms. The third-order valence-corrected chi connectivity index (χ3v) is 3.08. The van der Waals surface area contributed by atoms with Crippen LogP contribution in [0.1, 0.15) is 27.2 Å². The zero-order chi connectivity index (χ0) is 15.2. The van der Waals surface area contributed by atoms with Gasteiger partial charge in [-0.2, -0.15) is 13.2 Å². The van der Waals surface area contributed by atoms with E-state index in [0.717, 1.165) is 0 Å². The van der Waals surface area contributed by atoms with Crippen molar-refractivity contribution >= 4 is 22.7 Å². The van der Waals surface area contributed by atoms with Crippen LogP contribution in [0.3, 0.4) is 0 Å². The van der Waals surface area contributed by atoms with E-state index in [9.17, 15) is 22.8 Å². The molecule has 0 unspecified atom stereocenters. The van der Waals surface area contributed by atoms with Crippen molar-refractivity contribution in [3.05, 3.63) is 34.5 Å². The smallest absolute Gasteiger partial charge is 0.432 e. The number of aliphatic carboxylic acids is 1. The molecule has 0 bridgehead atoms. The summed E-state index contributed by atoms with van der Waals surface area (Å²) in [5, 5.41) is 8.74. The Balaban J connectivity index is 2.97. The highest BCUT2D eigenvalue weighted by Gasteiger charge is 2.40. The number of aromatic nitrogens is 1. The molecule has 0 atom stereocenters. The fourth-order valence-electron chi connectivity index (χ4n) is 2.15. The molecule has 0 saturated heterocycles. The predicted octanol–water partition coefficient (Wildman–Crippen LogP) is 3.07. The first-order chi connectivity index (χ1) is 9.14. The van der Waals surface area contributed by atoms with Crippen LogP contribution in [0.25, 0.3) is 10.9 Å². The van der Waals surface area contributed by atoms with E-state index >= 15 is 0 Å². The number of aryl methyl sites for hydroxylation is 2. The van der Waals surface area contributed by atoms with Crippen LogP contribution in [-0.4, -0.2) is 21.8 Å². The Morgan fingerprint density at radius 2 is 1.70 bits per heavy atom. The zero-order valence-corrected chi connectivity index (χ0v) is 10.6. The molecule has 0 fully saturated rings. The fraction of sp³-hybridized carbons (Fsp3) is 0.231. The van der Waals surface area contributed by atoms with Crippen molar-refractivity contribution in [3.63, 3.8) is 0 Å². The predicted molar refractivity (Wildman–Crippen MR) is 64.7 cm³/mol. The molecule has 0 aliphatic carbocycles. The number of halogens is 3. The number of rotatable bonds is 2. The second-order valence-electron chi connectivity index (χ2n) is 4.46. The van der Waals surface area contributed by atoms with Crippen LogP contribution in [-0.2, 0) is 11.0 Å². The van der Waals surface area contributed by atoms with Crippen LogP contribution < -0.4 is 0 Å². The summed E-state index contributed by atoms with van der Waals surface area (Å²) in [4.78, 5) is 24.6. The Hall–Kier alpha value is -2.31. The number of alkyl halides is 3. The molecule has 1 aromatic carbocycles. The van der Waals surface area contributed by atoms with Crippen molar-refractivity contribution in [2.24, 2.45) is 0 Å². The number of fused-ring (bicyclic) bond motifs is 1. The Bertz CT molecular complexity index is 729. The van der Waals surface area contributed by atoms with E-state index in [1.807, 2.05) is 0 Å². The summed E-state index contributed by atoms with van der Waals surface area (Å²) in [6, 6.07) is 3.15. The number of carboxylic acids is 1. The number of H-pyrrole nitrogens is 1. The SMILES string of the molecule is Cc1ccc(C)c2c(C(=O)C(=O)O)c(C(F)(F)F)[nH]c12. The molecule has 0 radical (unpaired) electrons. The molecule has 0 amide bonds. The first kappa shape index (κ1) is 14.1. The second-order valence-corrected chi connectivity index (χ2v) is 4.46. The number of hydrogen-bond acceptors (Lipinski definition) is 2. The number of aromatic amines is 1. The third-order valence-electron chi connectivity index (χ3n) is 3.08. The number of benzene rings is 1. The van der Waals surface area contributed by atoms with Gasteiger partial charge in [0.15, 0.2) is 0 Å². The summed E-state index contributed by atoms with van der Waals surface area (Å²) >= 11 is 0. The Morgan fingerprint density at radius 3 is 2.20 bits per heavy atom. The number of Topliss-reactive ketones (excluding diaryl/α,β-unsaturated/α-hetero) is 1. The number of nitrogens with one attached hydrogen (secondary N) is 1. The highest BCUT2D eigenvalue weighted by Crippen LogP contribution is 2.37. The molecule has 1 heterocycles. The lowest BCUT2D eigenvalue weighted by molar-refractivity contribution is -0.141. The lowest BCUT2D eigenvalue weighted by Gasteiger charge is -2.06. The molecule has 2 N–H and O–H groups in total. The molecule has 20 heavy (non-hydrogen) atoms. The Labute approximate surface area is 111 Å². The Kier molecular flexibility index (Phi) is 3.08. The molecule has 0 aliphatic heterocycles. The van der Waals surface area contributed by atoms with Crippen molar-refractivity contribution in [1.82, 2.24) is 4.98 Å². The van der Waals surface area contributed by atoms with Gasteiger partial charge in [-0.1, -0.05) is 12.1 Å². The highest BCUT2D eigenvalue weighted by molar-refractivity contribution is 6.43. The quantitative estimate of drug-likeness (QED) is 0.658. The summed E-state index contributed by atoms with van der Waals surface area (Å²) < 4.78 is 39.0. The topological polar surface area (TPSA) is 70.2 Å². The molecule has 106 valence electrons. The molecule has 2 aromatic rings. The van der Waals surface area contributed by atoms with Gasteiger partial charge in [0.2, 0.25) is 0 Å². The van der Waals surface area contributed by atoms with Gasteiger partial charge in [0, 0.05) is 10.9 Å². The van der Waals surface area contributed by atoms with Gasteiger partial charge in [-0.15, -0.1) is 0 Å². The van der Waals surface area contributed by atoms with Gasteiger partial charge in [-0.25, -0.2) is 4.79 Å². The van der Waals surface area contributed by atoms with E-state index in [1.165, 1.54) is 6.92 Å². The number of carbonyl (C=O) groups is 2. The summed E-state index contributed by atoms with van der Waals surface area (Å²) in [6.45, 7) is 3.10. The lowest BCUT2D eigenvalue weighted by Crippen LogP contribution is -2.18. The van der Waals surface area contributed by atoms with E-state index in [-0.39, 0.29) is 10.9 Å². The molecular formula is C13H10F3NO3. The largest absolute Gasteiger partial charge is 0.475 e. The average molecular weight is 285 g/mol. The highest BCUT2D eigenvalue weighted by atomic mass is 19.4. The van der Waals surface area contributed by atoms with Crippen molar-refractivity contribution in [2.45, 2.75) is 20.0 Å². The van der Waals surface area contributed by atoms with Gasteiger partial charge in [-0.05, 0) is 25.0 Å². The molecular weight excluding hydrogens is 275 g/mol. The molecule has 4 nitrogen and oxygen atoms in total. The average Bonchev–Trinajstić information content (AvgIpc) is 2.74. The van der Waals surface area contributed by atoms with E-state index in [1.54, 1.807) is 19.1 Å². The monoisotopic (exact) mass is 285 g/mol. The second kappa shape index (κ2) is 4.36. The van der Waals surface area contributed by atoms with Crippen molar-refractivity contribution in [1.29, 1.82) is 0 Å². The molecule has 7 heteroatoms. The van der Waals surface area contributed by atoms with Crippen LogP contribution in [0.4, 0.5) is 13.2 Å². The van der Waals surface area contributed by atoms with Crippen LogP contribution in [0.2, 0.25) is 0 Å². The van der Waals surface area contributed by atoms with E-state index < -0.39 is 29.2 Å². The number of carboxylic acid groups (broad SMARTS) is 1. The third kappa shape index (κ3) is 2.04. The normalized spacial score (nSPS) is 11.8. The number of carbonyl (C=O) groups excluding carboxylic acids is 1. The summed E-state index contributed by atoms with van der Waals surface area (Å²) in [5.74, 6) is -3.49. The fourth-order valence-corrected chi connectivity index (χ4v) is 2.15. The zero-order valence-electron chi connectivity index (χ0n) is 10.6. The maximum Gasteiger partial charge on any atom is 0.432 e. The molecule has 0 saturated carbocycles. The van der Waals surface area contributed by atoms with Crippen molar-refractivity contribution in [3.8, 4) is 0 Å². The standard InChI is InChI=1S/C13H10F3NO3/c1-5-3-4-6(2)9-7(5)8(10(18)12(19)20)11(17-9)13(14,15)16/h3-4,17H,1-2H3,(H,19,20). The first-order valence-corrected chi connectivity index (χ1v) is 5.61. The van der Waals surface area contributed by atoms with Gasteiger partial charge in [0.05, 0.1) is 5.56 Å². The molecule has 1 aromatic heterocycles. The van der Waals surface area contributed by atoms with E-state index in [2.05, 4.69) is 4.98 Å². The Morgan fingerprint density at radius 1 is 1.15 bits per heavy atom. The minimum atomic E-state index is -4.83. The maximum atomic E-state index is 13.0. The lowest BCUT2D eigenvalue weighted by atomic mass is 10.00. The van der Waals surface area contributed by atoms with Gasteiger partial charge >= 0.3 is 12.1 Å². The summed E-state index contributed by atoms with van der Waals surface area (Å²) in [7, 11) is 0. The minimum absolute atomic E-state index is 0.00438.